The van der Waals surface area contributed by atoms with Gasteiger partial charge in [0.25, 0.3) is 0 Å². The summed E-state index contributed by atoms with van der Waals surface area (Å²) >= 11 is 0. The SMILES string of the molecule is C=CCC[C@H]1CC[C@H](CCc2ccc(C#C[C@H]3CC[C@H](OC(F)(F)F)CC3)cc2)CC1. The molecule has 31 heavy (non-hydrogen) atoms. The molecule has 0 spiro atoms. The number of alkyl halides is 3. The smallest absolute Gasteiger partial charge is 0.289 e. The van der Waals surface area contributed by atoms with Crippen LogP contribution in [0, 0.1) is 29.6 Å². The van der Waals surface area contributed by atoms with Crippen molar-refractivity contribution in [1.82, 2.24) is 0 Å². The van der Waals surface area contributed by atoms with Gasteiger partial charge in [0.15, 0.2) is 0 Å². The molecule has 3 rings (SSSR count). The molecule has 0 radical (unpaired) electrons. The maximum absolute atomic E-state index is 12.3. The first-order valence-electron chi connectivity index (χ1n) is 11.9. The van der Waals surface area contributed by atoms with Crippen LogP contribution in [0.3, 0.4) is 0 Å². The molecule has 170 valence electrons. The van der Waals surface area contributed by atoms with Gasteiger partial charge in [0.2, 0.25) is 0 Å². The predicted molar refractivity (Wildman–Crippen MR) is 119 cm³/mol. The molecule has 0 aliphatic heterocycles. The number of allylic oxidation sites excluding steroid dienone is 1. The van der Waals surface area contributed by atoms with E-state index in [0.717, 1.165) is 30.2 Å². The molecule has 0 atom stereocenters. The van der Waals surface area contributed by atoms with E-state index in [0.29, 0.717) is 25.7 Å². The third kappa shape index (κ3) is 8.73. The summed E-state index contributed by atoms with van der Waals surface area (Å²) in [7, 11) is 0. The van der Waals surface area contributed by atoms with Crippen molar-refractivity contribution < 1.29 is 17.9 Å². The molecule has 1 nitrogen and oxygen atoms in total. The molecule has 2 fully saturated rings. The molecule has 2 saturated carbocycles. The molecule has 0 amide bonds. The number of halogens is 3. The second-order valence-electron chi connectivity index (χ2n) is 9.29. The zero-order valence-corrected chi connectivity index (χ0v) is 18.4. The molecular formula is C27H35F3O. The lowest BCUT2D eigenvalue weighted by Crippen LogP contribution is -2.27. The normalized spacial score (nSPS) is 26.7. The number of hydrogen-bond acceptors (Lipinski definition) is 1. The zero-order valence-electron chi connectivity index (χ0n) is 18.4. The van der Waals surface area contributed by atoms with Crippen LogP contribution in [0.25, 0.3) is 0 Å². The molecule has 0 unspecified atom stereocenters. The summed E-state index contributed by atoms with van der Waals surface area (Å²) in [6.45, 7) is 3.83. The van der Waals surface area contributed by atoms with Crippen LogP contribution in [0.2, 0.25) is 0 Å². The number of aryl methyl sites for hydroxylation is 1. The lowest BCUT2D eigenvalue weighted by molar-refractivity contribution is -0.345. The van der Waals surface area contributed by atoms with Crippen molar-refractivity contribution in [1.29, 1.82) is 0 Å². The summed E-state index contributed by atoms with van der Waals surface area (Å²) in [5.41, 5.74) is 2.35. The summed E-state index contributed by atoms with van der Waals surface area (Å²) in [5.74, 6) is 8.38. The minimum Gasteiger partial charge on any atom is -0.289 e. The van der Waals surface area contributed by atoms with Crippen LogP contribution < -0.4 is 0 Å². The Morgan fingerprint density at radius 1 is 0.903 bits per heavy atom. The van der Waals surface area contributed by atoms with Gasteiger partial charge in [-0.25, -0.2) is 0 Å². The summed E-state index contributed by atoms with van der Waals surface area (Å²) in [5, 5.41) is 0. The van der Waals surface area contributed by atoms with E-state index in [1.54, 1.807) is 0 Å². The third-order valence-corrected chi connectivity index (χ3v) is 6.94. The third-order valence-electron chi connectivity index (χ3n) is 6.94. The van der Waals surface area contributed by atoms with E-state index in [2.05, 4.69) is 47.4 Å². The molecular weight excluding hydrogens is 397 g/mol. The summed E-state index contributed by atoms with van der Waals surface area (Å²) < 4.78 is 41.0. The van der Waals surface area contributed by atoms with Crippen LogP contribution in [0.15, 0.2) is 36.9 Å². The Balaban J connectivity index is 1.37. The monoisotopic (exact) mass is 432 g/mol. The highest BCUT2D eigenvalue weighted by Crippen LogP contribution is 2.34. The number of ether oxygens (including phenoxy) is 1. The summed E-state index contributed by atoms with van der Waals surface area (Å²) in [6, 6.07) is 8.50. The second-order valence-corrected chi connectivity index (χ2v) is 9.29. The fraction of sp³-hybridized carbons (Fsp3) is 0.630. The van der Waals surface area contributed by atoms with Crippen molar-refractivity contribution in [3.63, 3.8) is 0 Å². The van der Waals surface area contributed by atoms with Crippen LogP contribution in [-0.4, -0.2) is 12.5 Å². The topological polar surface area (TPSA) is 9.23 Å². The van der Waals surface area contributed by atoms with Crippen LogP contribution in [0.5, 0.6) is 0 Å². The fourth-order valence-corrected chi connectivity index (χ4v) is 4.99. The van der Waals surface area contributed by atoms with Crippen molar-refractivity contribution in [3.05, 3.63) is 48.0 Å². The highest BCUT2D eigenvalue weighted by Gasteiger charge is 2.35. The highest BCUT2D eigenvalue weighted by molar-refractivity contribution is 5.36. The van der Waals surface area contributed by atoms with E-state index in [1.165, 1.54) is 44.1 Å². The fourth-order valence-electron chi connectivity index (χ4n) is 4.99. The Morgan fingerprint density at radius 2 is 1.52 bits per heavy atom. The molecule has 2 aliphatic carbocycles. The number of benzene rings is 1. The van der Waals surface area contributed by atoms with E-state index >= 15 is 0 Å². The van der Waals surface area contributed by atoms with Crippen LogP contribution >= 0.6 is 0 Å². The van der Waals surface area contributed by atoms with Gasteiger partial charge >= 0.3 is 6.36 Å². The van der Waals surface area contributed by atoms with Crippen LogP contribution in [-0.2, 0) is 11.2 Å². The van der Waals surface area contributed by atoms with Gasteiger partial charge < -0.3 is 0 Å². The van der Waals surface area contributed by atoms with Gasteiger partial charge in [-0.05, 0) is 80.9 Å². The maximum atomic E-state index is 12.3. The van der Waals surface area contributed by atoms with Gasteiger partial charge in [-0.1, -0.05) is 55.7 Å². The highest BCUT2D eigenvalue weighted by atomic mass is 19.4. The van der Waals surface area contributed by atoms with Crippen molar-refractivity contribution in [2.75, 3.05) is 0 Å². The van der Waals surface area contributed by atoms with Gasteiger partial charge in [0.1, 0.15) is 0 Å². The predicted octanol–water partition coefficient (Wildman–Crippen LogP) is 7.84. The van der Waals surface area contributed by atoms with Crippen LogP contribution in [0.4, 0.5) is 13.2 Å². The van der Waals surface area contributed by atoms with Gasteiger partial charge in [-0.3, -0.25) is 4.74 Å². The molecule has 0 saturated heterocycles. The summed E-state index contributed by atoms with van der Waals surface area (Å²) in [4.78, 5) is 0. The molecule has 0 bridgehead atoms. The zero-order chi connectivity index (χ0) is 22.1. The van der Waals surface area contributed by atoms with E-state index < -0.39 is 12.5 Å². The Labute approximate surface area is 185 Å². The second kappa shape index (κ2) is 11.8. The van der Waals surface area contributed by atoms with Crippen molar-refractivity contribution >= 4 is 0 Å². The maximum Gasteiger partial charge on any atom is 0.522 e. The molecule has 0 N–H and O–H groups in total. The summed E-state index contributed by atoms with van der Waals surface area (Å²) in [6.07, 6.45) is 9.30. The molecule has 2 aliphatic rings. The first-order chi connectivity index (χ1) is 14.9. The molecule has 1 aromatic rings. The Bertz CT molecular complexity index is 724. The van der Waals surface area contributed by atoms with E-state index in [-0.39, 0.29) is 5.92 Å². The van der Waals surface area contributed by atoms with Crippen molar-refractivity contribution in [3.8, 4) is 11.8 Å². The number of rotatable bonds is 7. The number of hydrogen-bond donors (Lipinski definition) is 0. The minimum absolute atomic E-state index is 0.161. The van der Waals surface area contributed by atoms with Crippen molar-refractivity contribution in [2.24, 2.45) is 17.8 Å². The average molecular weight is 433 g/mol. The molecule has 1 aromatic carbocycles. The standard InChI is InChI=1S/C27H35F3O/c1-2-3-4-21-5-7-22(8-6-21)9-10-23-11-13-24(14-12-23)15-16-25-17-19-26(20-18-25)31-27(28,29)30/h2,11-14,21-22,25-26H,1,3-10,17-20H2/t21-,22-,25-,26-. The lowest BCUT2D eigenvalue weighted by atomic mass is 9.78. The lowest BCUT2D eigenvalue weighted by Gasteiger charge is -2.28. The molecule has 0 aromatic heterocycles. The Morgan fingerprint density at radius 3 is 2.10 bits per heavy atom. The first-order valence-corrected chi connectivity index (χ1v) is 11.9. The van der Waals surface area contributed by atoms with E-state index in [4.69, 9.17) is 0 Å². The van der Waals surface area contributed by atoms with E-state index in [1.807, 2.05) is 6.08 Å². The average Bonchev–Trinajstić information content (AvgIpc) is 2.76. The Kier molecular flexibility index (Phi) is 9.08. The molecule has 0 heterocycles. The largest absolute Gasteiger partial charge is 0.522 e. The van der Waals surface area contributed by atoms with Crippen LogP contribution in [0.1, 0.15) is 81.8 Å². The van der Waals surface area contributed by atoms with Gasteiger partial charge in [-0.15, -0.1) is 19.8 Å². The quantitative estimate of drug-likeness (QED) is 0.315. The van der Waals surface area contributed by atoms with Gasteiger partial charge in [-0.2, -0.15) is 0 Å². The van der Waals surface area contributed by atoms with Gasteiger partial charge in [0, 0.05) is 11.5 Å². The Hall–Kier alpha value is -1.73. The minimum atomic E-state index is -4.53. The van der Waals surface area contributed by atoms with Crippen molar-refractivity contribution in [2.45, 2.75) is 89.5 Å². The van der Waals surface area contributed by atoms with E-state index in [9.17, 15) is 13.2 Å². The molecule has 4 heteroatoms. The first kappa shape index (κ1) is 23.9. The van der Waals surface area contributed by atoms with Gasteiger partial charge in [0.05, 0.1) is 6.10 Å².